The third-order valence-electron chi connectivity index (χ3n) is 7.50. The predicted octanol–water partition coefficient (Wildman–Crippen LogP) is 6.10. The van der Waals surface area contributed by atoms with Crippen molar-refractivity contribution in [3.63, 3.8) is 0 Å². The van der Waals surface area contributed by atoms with Crippen molar-refractivity contribution in [3.05, 3.63) is 125 Å². The van der Waals surface area contributed by atoms with E-state index in [1.54, 1.807) is 66.7 Å². The van der Waals surface area contributed by atoms with Gasteiger partial charge in [-0.1, -0.05) is 91.3 Å². The number of methoxy groups -OCH3 is 1. The fourth-order valence-electron chi connectivity index (χ4n) is 4.85. The molecule has 4 rings (SSSR count). The normalized spacial score (nSPS) is 12.5. The Morgan fingerprint density at radius 3 is 2.07 bits per heavy atom. The molecule has 0 saturated heterocycles. The zero-order valence-corrected chi connectivity index (χ0v) is 27.2. The summed E-state index contributed by atoms with van der Waals surface area (Å²) in [6, 6.07) is 29.9. The zero-order valence-electron chi connectivity index (χ0n) is 25.6. The molecule has 0 aliphatic rings. The molecule has 0 heterocycles. The van der Waals surface area contributed by atoms with Gasteiger partial charge in [0.05, 0.1) is 17.7 Å². The molecule has 0 spiro atoms. The van der Waals surface area contributed by atoms with Gasteiger partial charge >= 0.3 is 0 Å². The lowest BCUT2D eigenvalue weighted by molar-refractivity contribution is -0.140. The number of amides is 2. The second-order valence-electron chi connectivity index (χ2n) is 10.7. The lowest BCUT2D eigenvalue weighted by Crippen LogP contribution is -2.54. The van der Waals surface area contributed by atoms with Crippen molar-refractivity contribution in [3.8, 4) is 5.75 Å². The average Bonchev–Trinajstić information content (AvgIpc) is 3.06. The zero-order chi connectivity index (χ0) is 32.4. The van der Waals surface area contributed by atoms with Crippen molar-refractivity contribution >= 4 is 39.1 Å². The molecule has 1 N–H and O–H groups in total. The van der Waals surface area contributed by atoms with E-state index in [-0.39, 0.29) is 41.2 Å². The van der Waals surface area contributed by atoms with Gasteiger partial charge in [-0.05, 0) is 60.9 Å². The third kappa shape index (κ3) is 8.65. The number of sulfonamides is 1. The van der Waals surface area contributed by atoms with Crippen LogP contribution in [0.2, 0.25) is 5.02 Å². The van der Waals surface area contributed by atoms with Crippen molar-refractivity contribution < 1.29 is 22.7 Å². The quantitative estimate of drug-likeness (QED) is 0.179. The Hall–Kier alpha value is -4.34. The number of hydrogen-bond acceptors (Lipinski definition) is 5. The summed E-state index contributed by atoms with van der Waals surface area (Å²) < 4.78 is 34.8. The second-order valence-corrected chi connectivity index (χ2v) is 13.0. The van der Waals surface area contributed by atoms with Crippen LogP contribution in [0.3, 0.4) is 0 Å². The number of ether oxygens (including phenoxy) is 1. The summed E-state index contributed by atoms with van der Waals surface area (Å²) in [7, 11) is -2.79. The van der Waals surface area contributed by atoms with Crippen LogP contribution in [0, 0.1) is 0 Å². The summed E-state index contributed by atoms with van der Waals surface area (Å²) in [6.07, 6.45) is 0.925. The summed E-state index contributed by atoms with van der Waals surface area (Å²) in [5.41, 5.74) is 1.79. The number of halogens is 1. The minimum absolute atomic E-state index is 0.0170. The van der Waals surface area contributed by atoms with E-state index in [2.05, 4.69) is 5.32 Å². The van der Waals surface area contributed by atoms with Gasteiger partial charge in [0.1, 0.15) is 18.3 Å². The number of carbonyl (C=O) groups is 2. The van der Waals surface area contributed by atoms with Gasteiger partial charge in [0, 0.05) is 24.0 Å². The number of hydrogen-bond donors (Lipinski definition) is 1. The molecule has 0 aliphatic carbocycles. The second kappa shape index (κ2) is 15.6. The number of para-hydroxylation sites is 2. The maximum atomic E-state index is 14.5. The lowest BCUT2D eigenvalue weighted by Gasteiger charge is -2.34. The molecule has 10 heteroatoms. The van der Waals surface area contributed by atoms with E-state index in [4.69, 9.17) is 16.3 Å². The first-order valence-corrected chi connectivity index (χ1v) is 16.5. The Labute approximate surface area is 270 Å². The van der Waals surface area contributed by atoms with Gasteiger partial charge in [-0.25, -0.2) is 8.42 Å². The predicted molar refractivity (Wildman–Crippen MR) is 178 cm³/mol. The SMILES string of the molecule is CC[C@H](C)NC(=O)[C@@H](Cc1ccccc1)N(Cc1ccc(Cl)cc1)C(=O)CN(c1ccccc1OC)S(=O)(=O)c1ccccc1. The first kappa shape index (κ1) is 33.6. The van der Waals surface area contributed by atoms with Gasteiger partial charge < -0.3 is 15.0 Å². The van der Waals surface area contributed by atoms with Gasteiger partial charge in [0.25, 0.3) is 10.0 Å². The maximum Gasteiger partial charge on any atom is 0.264 e. The average molecular weight is 648 g/mol. The topological polar surface area (TPSA) is 96.0 Å². The highest BCUT2D eigenvalue weighted by Crippen LogP contribution is 2.32. The minimum atomic E-state index is -4.23. The van der Waals surface area contributed by atoms with E-state index in [9.17, 15) is 18.0 Å². The maximum absolute atomic E-state index is 14.5. The van der Waals surface area contributed by atoms with Crippen LogP contribution >= 0.6 is 11.6 Å². The first-order valence-electron chi connectivity index (χ1n) is 14.7. The molecule has 0 radical (unpaired) electrons. The number of benzene rings is 4. The number of rotatable bonds is 14. The fraction of sp³-hybridized carbons (Fsp3) is 0.257. The number of carbonyl (C=O) groups excluding carboxylic acids is 2. The van der Waals surface area contributed by atoms with E-state index in [1.807, 2.05) is 44.2 Å². The van der Waals surface area contributed by atoms with Gasteiger partial charge in [-0.15, -0.1) is 0 Å². The highest BCUT2D eigenvalue weighted by Gasteiger charge is 2.35. The third-order valence-corrected chi connectivity index (χ3v) is 9.53. The Bertz CT molecular complexity index is 1670. The standard InChI is InChI=1S/C35H38ClN3O5S/c1-4-26(2)37-35(41)32(23-27-13-7-5-8-14-27)38(24-28-19-21-29(36)22-20-28)34(40)25-39(31-17-11-12-18-33(31)44-3)45(42,43)30-15-9-6-10-16-30/h5-22,26,32H,4,23-25H2,1-3H3,(H,37,41)/t26-,32+/m0/s1. The first-order chi connectivity index (χ1) is 21.6. The lowest BCUT2D eigenvalue weighted by atomic mass is 10.0. The van der Waals surface area contributed by atoms with Gasteiger partial charge in [-0.2, -0.15) is 0 Å². The van der Waals surface area contributed by atoms with E-state index in [1.165, 1.54) is 24.1 Å². The monoisotopic (exact) mass is 647 g/mol. The number of anilines is 1. The molecule has 4 aromatic carbocycles. The Balaban J connectivity index is 1.82. The van der Waals surface area contributed by atoms with E-state index in [0.29, 0.717) is 11.4 Å². The fourth-order valence-corrected chi connectivity index (χ4v) is 6.42. The van der Waals surface area contributed by atoms with E-state index >= 15 is 0 Å². The summed E-state index contributed by atoms with van der Waals surface area (Å²) in [4.78, 5) is 29.9. The number of nitrogens with one attached hydrogen (secondary N) is 1. The molecule has 45 heavy (non-hydrogen) atoms. The van der Waals surface area contributed by atoms with Crippen LogP contribution in [0.15, 0.2) is 114 Å². The molecular formula is C35H38ClN3O5S. The summed E-state index contributed by atoms with van der Waals surface area (Å²) in [5, 5.41) is 3.56. The van der Waals surface area contributed by atoms with Gasteiger partial charge in [0.2, 0.25) is 11.8 Å². The molecule has 2 amide bonds. The molecule has 0 unspecified atom stereocenters. The Morgan fingerprint density at radius 2 is 1.44 bits per heavy atom. The summed E-state index contributed by atoms with van der Waals surface area (Å²) >= 11 is 6.15. The van der Waals surface area contributed by atoms with Crippen LogP contribution < -0.4 is 14.4 Å². The largest absolute Gasteiger partial charge is 0.495 e. The minimum Gasteiger partial charge on any atom is -0.495 e. The van der Waals surface area contributed by atoms with E-state index in [0.717, 1.165) is 15.4 Å². The Kier molecular flexibility index (Phi) is 11.6. The molecule has 4 aromatic rings. The van der Waals surface area contributed by atoms with Crippen molar-refractivity contribution in [2.75, 3.05) is 18.0 Å². The summed E-state index contributed by atoms with van der Waals surface area (Å²) in [6.45, 7) is 3.34. The molecule has 0 aliphatic heterocycles. The molecule has 8 nitrogen and oxygen atoms in total. The van der Waals surface area contributed by atoms with Gasteiger partial charge in [0.15, 0.2) is 0 Å². The molecule has 236 valence electrons. The van der Waals surface area contributed by atoms with Crippen LogP contribution in [0.25, 0.3) is 0 Å². The van der Waals surface area contributed by atoms with Crippen LogP contribution in [0.1, 0.15) is 31.4 Å². The van der Waals surface area contributed by atoms with Crippen LogP contribution in [-0.4, -0.2) is 50.9 Å². The van der Waals surface area contributed by atoms with E-state index < -0.39 is 28.5 Å². The molecule has 0 fully saturated rings. The van der Waals surface area contributed by atoms with Crippen molar-refractivity contribution in [2.24, 2.45) is 0 Å². The smallest absolute Gasteiger partial charge is 0.264 e. The van der Waals surface area contributed by atoms with Crippen molar-refractivity contribution in [1.29, 1.82) is 0 Å². The Morgan fingerprint density at radius 1 is 0.844 bits per heavy atom. The molecule has 0 saturated carbocycles. The molecule has 0 aromatic heterocycles. The molecule has 2 atom stereocenters. The highest BCUT2D eigenvalue weighted by atomic mass is 35.5. The van der Waals surface area contributed by atoms with Crippen LogP contribution in [0.4, 0.5) is 5.69 Å². The highest BCUT2D eigenvalue weighted by molar-refractivity contribution is 7.92. The molecular weight excluding hydrogens is 610 g/mol. The number of nitrogens with zero attached hydrogens (tertiary/aromatic N) is 2. The van der Waals surface area contributed by atoms with Crippen LogP contribution in [0.5, 0.6) is 5.75 Å². The molecule has 0 bridgehead atoms. The van der Waals surface area contributed by atoms with Crippen molar-refractivity contribution in [1.82, 2.24) is 10.2 Å². The van der Waals surface area contributed by atoms with Gasteiger partial charge in [-0.3, -0.25) is 13.9 Å². The van der Waals surface area contributed by atoms with Crippen molar-refractivity contribution in [2.45, 2.75) is 50.2 Å². The summed E-state index contributed by atoms with van der Waals surface area (Å²) in [5.74, 6) is -0.606. The van der Waals surface area contributed by atoms with Crippen LogP contribution in [-0.2, 0) is 32.6 Å².